The van der Waals surface area contributed by atoms with E-state index in [0.717, 1.165) is 13.0 Å². The zero-order chi connectivity index (χ0) is 13.2. The van der Waals surface area contributed by atoms with Gasteiger partial charge in [-0.1, -0.05) is 12.1 Å². The van der Waals surface area contributed by atoms with Gasteiger partial charge in [-0.2, -0.15) is 4.98 Å². The second-order valence-corrected chi connectivity index (χ2v) is 5.06. The maximum Gasteiger partial charge on any atom is 0.241 e. The average molecular weight is 263 g/mol. The van der Waals surface area contributed by atoms with E-state index in [9.17, 15) is 5.11 Å². The van der Waals surface area contributed by atoms with Gasteiger partial charge in [-0.3, -0.25) is 4.90 Å². The number of β-amino-alcohol motifs (C(OH)–C–C–N with tert-alkyl or cyclic N) is 1. The zero-order valence-corrected chi connectivity index (χ0v) is 10.8. The van der Waals surface area contributed by atoms with Gasteiger partial charge >= 0.3 is 0 Å². The molecule has 1 saturated heterocycles. The average Bonchev–Trinajstić information content (AvgIpc) is 3.04. The molecule has 6 heteroatoms. The summed E-state index contributed by atoms with van der Waals surface area (Å²) in [6.45, 7) is 4.23. The Morgan fingerprint density at radius 1 is 1.53 bits per heavy atom. The highest BCUT2D eigenvalue weighted by molar-refractivity contribution is 5.44. The lowest BCUT2D eigenvalue weighted by atomic mass is 9.96. The molecule has 1 aliphatic rings. The number of piperidine rings is 1. The Kier molecular flexibility index (Phi) is 3.35. The van der Waals surface area contributed by atoms with Gasteiger partial charge in [0.2, 0.25) is 11.7 Å². The number of furan rings is 1. The van der Waals surface area contributed by atoms with E-state index in [1.807, 2.05) is 0 Å². The Labute approximate surface area is 111 Å². The van der Waals surface area contributed by atoms with Gasteiger partial charge in [0.05, 0.1) is 18.9 Å². The van der Waals surface area contributed by atoms with Crippen molar-refractivity contribution in [3.8, 4) is 11.6 Å². The molecule has 0 aliphatic carbocycles. The number of aromatic nitrogens is 2. The first kappa shape index (κ1) is 12.4. The number of aliphatic hydroxyl groups excluding tert-OH is 1. The highest BCUT2D eigenvalue weighted by Gasteiger charge is 2.25. The van der Waals surface area contributed by atoms with Crippen molar-refractivity contribution in [2.75, 3.05) is 13.1 Å². The van der Waals surface area contributed by atoms with Crippen LogP contribution in [-0.4, -0.2) is 39.3 Å². The van der Waals surface area contributed by atoms with E-state index in [0.29, 0.717) is 36.5 Å². The van der Waals surface area contributed by atoms with Gasteiger partial charge in [-0.05, 0) is 31.0 Å². The lowest BCUT2D eigenvalue weighted by molar-refractivity contribution is 0.0220. The molecule has 2 unspecified atom stereocenters. The Hall–Kier alpha value is -1.66. The molecule has 2 aromatic rings. The Morgan fingerprint density at radius 2 is 2.42 bits per heavy atom. The van der Waals surface area contributed by atoms with Crippen molar-refractivity contribution < 1.29 is 14.0 Å². The topological polar surface area (TPSA) is 75.5 Å². The van der Waals surface area contributed by atoms with Gasteiger partial charge in [0.1, 0.15) is 0 Å². The van der Waals surface area contributed by atoms with E-state index < -0.39 is 0 Å². The lowest BCUT2D eigenvalue weighted by Gasteiger charge is -2.33. The fraction of sp³-hybridized carbons (Fsp3) is 0.538. The second-order valence-electron chi connectivity index (χ2n) is 5.06. The molecule has 19 heavy (non-hydrogen) atoms. The van der Waals surface area contributed by atoms with Gasteiger partial charge in [-0.15, -0.1) is 0 Å². The zero-order valence-electron chi connectivity index (χ0n) is 10.8. The van der Waals surface area contributed by atoms with E-state index in [-0.39, 0.29) is 6.10 Å². The maximum absolute atomic E-state index is 9.86. The van der Waals surface area contributed by atoms with Crippen LogP contribution in [-0.2, 0) is 6.54 Å². The fourth-order valence-electron chi connectivity index (χ4n) is 2.27. The lowest BCUT2D eigenvalue weighted by Crippen LogP contribution is -2.42. The molecule has 3 rings (SSSR count). The molecular formula is C13H17N3O3. The molecule has 0 bridgehead atoms. The van der Waals surface area contributed by atoms with Crippen molar-refractivity contribution in [2.45, 2.75) is 26.0 Å². The summed E-state index contributed by atoms with van der Waals surface area (Å²) in [6.07, 6.45) is 2.29. The third-order valence-corrected chi connectivity index (χ3v) is 3.57. The van der Waals surface area contributed by atoms with Crippen LogP contribution in [0.4, 0.5) is 0 Å². The van der Waals surface area contributed by atoms with Crippen molar-refractivity contribution >= 4 is 0 Å². The highest BCUT2D eigenvalue weighted by Crippen LogP contribution is 2.20. The number of rotatable bonds is 3. The number of nitrogens with zero attached hydrogens (tertiary/aromatic N) is 3. The second kappa shape index (κ2) is 5.14. The summed E-state index contributed by atoms with van der Waals surface area (Å²) in [5.41, 5.74) is 0. The molecule has 1 fully saturated rings. The molecule has 0 aromatic carbocycles. The van der Waals surface area contributed by atoms with Crippen molar-refractivity contribution in [1.82, 2.24) is 15.0 Å². The number of aliphatic hydroxyl groups is 1. The van der Waals surface area contributed by atoms with Crippen LogP contribution < -0.4 is 0 Å². The molecule has 0 saturated carbocycles. The largest absolute Gasteiger partial charge is 0.461 e. The van der Waals surface area contributed by atoms with Crippen molar-refractivity contribution in [2.24, 2.45) is 5.92 Å². The molecule has 6 nitrogen and oxygen atoms in total. The molecule has 3 heterocycles. The Morgan fingerprint density at radius 3 is 3.16 bits per heavy atom. The smallest absolute Gasteiger partial charge is 0.241 e. The van der Waals surface area contributed by atoms with Crippen LogP contribution in [0, 0.1) is 5.92 Å². The molecular weight excluding hydrogens is 246 g/mol. The third kappa shape index (κ3) is 2.69. The van der Waals surface area contributed by atoms with Crippen LogP contribution >= 0.6 is 0 Å². The summed E-state index contributed by atoms with van der Waals surface area (Å²) in [5, 5.41) is 13.7. The first-order valence-corrected chi connectivity index (χ1v) is 6.49. The monoisotopic (exact) mass is 263 g/mol. The maximum atomic E-state index is 9.86. The van der Waals surface area contributed by atoms with Gasteiger partial charge < -0.3 is 14.0 Å². The van der Waals surface area contributed by atoms with Gasteiger partial charge in [-0.25, -0.2) is 0 Å². The Balaban J connectivity index is 1.64. The van der Waals surface area contributed by atoms with Crippen LogP contribution in [0.1, 0.15) is 19.2 Å². The van der Waals surface area contributed by atoms with Gasteiger partial charge in [0.25, 0.3) is 0 Å². The first-order valence-electron chi connectivity index (χ1n) is 6.49. The van der Waals surface area contributed by atoms with Gasteiger partial charge in [0, 0.05) is 6.54 Å². The molecule has 0 amide bonds. The summed E-state index contributed by atoms with van der Waals surface area (Å²) in [6, 6.07) is 3.58. The van der Waals surface area contributed by atoms with Crippen LogP contribution in [0.2, 0.25) is 0 Å². The normalized spacial score (nSPS) is 24.7. The number of likely N-dealkylation sites (tertiary alicyclic amines) is 1. The van der Waals surface area contributed by atoms with Crippen molar-refractivity contribution in [3.05, 3.63) is 24.3 Å². The summed E-state index contributed by atoms with van der Waals surface area (Å²) < 4.78 is 10.4. The van der Waals surface area contributed by atoms with Crippen LogP contribution in [0.3, 0.4) is 0 Å². The van der Waals surface area contributed by atoms with E-state index in [1.165, 1.54) is 0 Å². The molecule has 2 atom stereocenters. The minimum Gasteiger partial charge on any atom is -0.461 e. The molecule has 1 N–H and O–H groups in total. The molecule has 0 radical (unpaired) electrons. The third-order valence-electron chi connectivity index (χ3n) is 3.57. The van der Waals surface area contributed by atoms with Crippen LogP contribution in [0.25, 0.3) is 11.6 Å². The number of hydrogen-bond donors (Lipinski definition) is 1. The molecule has 102 valence electrons. The van der Waals surface area contributed by atoms with Crippen LogP contribution in [0.15, 0.2) is 27.3 Å². The molecule has 2 aromatic heterocycles. The summed E-state index contributed by atoms with van der Waals surface area (Å²) >= 11 is 0. The number of hydrogen-bond acceptors (Lipinski definition) is 6. The minimum absolute atomic E-state index is 0.277. The summed E-state index contributed by atoms with van der Waals surface area (Å²) in [4.78, 5) is 6.43. The van der Waals surface area contributed by atoms with E-state index in [1.54, 1.807) is 18.4 Å². The minimum atomic E-state index is -0.277. The van der Waals surface area contributed by atoms with E-state index in [4.69, 9.17) is 8.94 Å². The Bertz CT molecular complexity index is 523. The van der Waals surface area contributed by atoms with Crippen molar-refractivity contribution in [1.29, 1.82) is 0 Å². The SMILES string of the molecule is CC1CCN(Cc2nc(-c3ccco3)no2)CC1O. The summed E-state index contributed by atoms with van der Waals surface area (Å²) in [7, 11) is 0. The summed E-state index contributed by atoms with van der Waals surface area (Å²) in [5.74, 6) is 1.97. The van der Waals surface area contributed by atoms with E-state index >= 15 is 0 Å². The molecule has 1 aliphatic heterocycles. The van der Waals surface area contributed by atoms with Crippen molar-refractivity contribution in [3.63, 3.8) is 0 Å². The fourth-order valence-corrected chi connectivity index (χ4v) is 2.27. The highest BCUT2D eigenvalue weighted by atomic mass is 16.5. The predicted octanol–water partition coefficient (Wildman–Crippen LogP) is 1.53. The van der Waals surface area contributed by atoms with E-state index in [2.05, 4.69) is 22.0 Å². The van der Waals surface area contributed by atoms with Crippen LogP contribution in [0.5, 0.6) is 0 Å². The van der Waals surface area contributed by atoms with Gasteiger partial charge in [0.15, 0.2) is 5.76 Å². The first-order chi connectivity index (χ1) is 9.22. The quantitative estimate of drug-likeness (QED) is 0.905. The predicted molar refractivity (Wildman–Crippen MR) is 67.1 cm³/mol. The standard InChI is InChI=1S/C13H17N3O3/c1-9-4-5-16(7-10(9)17)8-12-14-13(15-19-12)11-3-2-6-18-11/h2-3,6,9-10,17H,4-5,7-8H2,1H3. The molecule has 0 spiro atoms.